The number of aryl methyl sites for hydroxylation is 1. The maximum Gasteiger partial charge on any atom is 0.119 e. The van der Waals surface area contributed by atoms with Crippen LogP contribution in [0.4, 0.5) is 0 Å². The van der Waals surface area contributed by atoms with Gasteiger partial charge in [-0.25, -0.2) is 0 Å². The summed E-state index contributed by atoms with van der Waals surface area (Å²) in [5, 5.41) is 0.824. The van der Waals surface area contributed by atoms with Crippen molar-refractivity contribution in [1.29, 1.82) is 0 Å². The molecular formula is C31H37ClN2O. The van der Waals surface area contributed by atoms with E-state index in [4.69, 9.17) is 16.3 Å². The van der Waals surface area contributed by atoms with E-state index in [2.05, 4.69) is 70.5 Å². The standard InChI is InChI=1S/C31H37ClN2O/c32-30-12-9-27(10-13-30)28-15-19-33(20-16-28)18-5-21-35-31-14-11-26-8-4-17-34(24-29(26)22-31)23-25-6-2-1-3-7-25/h1-3,6-7,9-14,22,28H,4-5,8,15-21,23-24H2. The first-order valence-corrected chi connectivity index (χ1v) is 13.6. The first-order valence-electron chi connectivity index (χ1n) is 13.2. The molecule has 2 heterocycles. The molecule has 0 amide bonds. The number of fused-ring (bicyclic) bond motifs is 1. The topological polar surface area (TPSA) is 15.7 Å². The Morgan fingerprint density at radius 2 is 1.63 bits per heavy atom. The van der Waals surface area contributed by atoms with Crippen molar-refractivity contribution in [3.8, 4) is 5.75 Å². The summed E-state index contributed by atoms with van der Waals surface area (Å²) in [6.45, 7) is 7.40. The third-order valence-electron chi connectivity index (χ3n) is 7.56. The minimum Gasteiger partial charge on any atom is -0.494 e. The monoisotopic (exact) mass is 488 g/mol. The predicted octanol–water partition coefficient (Wildman–Crippen LogP) is 6.94. The Labute approximate surface area is 215 Å². The fraction of sp³-hybridized carbons (Fsp3) is 0.419. The third kappa shape index (κ3) is 6.88. The van der Waals surface area contributed by atoms with E-state index < -0.39 is 0 Å². The van der Waals surface area contributed by atoms with Gasteiger partial charge < -0.3 is 9.64 Å². The molecule has 0 spiro atoms. The molecule has 3 aromatic carbocycles. The fourth-order valence-electron chi connectivity index (χ4n) is 5.58. The number of rotatable bonds is 8. The van der Waals surface area contributed by atoms with E-state index in [1.165, 1.54) is 54.6 Å². The molecule has 1 saturated heterocycles. The van der Waals surface area contributed by atoms with Gasteiger partial charge in [0.1, 0.15) is 5.75 Å². The maximum atomic E-state index is 6.20. The van der Waals surface area contributed by atoms with Crippen LogP contribution in [0.5, 0.6) is 5.75 Å². The second kappa shape index (κ2) is 12.1. The van der Waals surface area contributed by atoms with Crippen LogP contribution in [-0.4, -0.2) is 42.6 Å². The van der Waals surface area contributed by atoms with Crippen LogP contribution in [0.15, 0.2) is 72.8 Å². The van der Waals surface area contributed by atoms with Gasteiger partial charge >= 0.3 is 0 Å². The number of hydrogen-bond donors (Lipinski definition) is 0. The van der Waals surface area contributed by atoms with Crippen LogP contribution < -0.4 is 4.74 Å². The van der Waals surface area contributed by atoms with Gasteiger partial charge in [-0.05, 0) is 104 Å². The van der Waals surface area contributed by atoms with E-state index >= 15 is 0 Å². The fourth-order valence-corrected chi connectivity index (χ4v) is 5.70. The van der Waals surface area contributed by atoms with Gasteiger partial charge in [-0.15, -0.1) is 0 Å². The molecule has 0 radical (unpaired) electrons. The van der Waals surface area contributed by atoms with Gasteiger partial charge in [-0.1, -0.05) is 60.1 Å². The molecular weight excluding hydrogens is 452 g/mol. The van der Waals surface area contributed by atoms with Crippen LogP contribution in [0.1, 0.15) is 53.9 Å². The summed E-state index contributed by atoms with van der Waals surface area (Å²) in [6, 6.07) is 26.0. The van der Waals surface area contributed by atoms with Crippen molar-refractivity contribution in [2.24, 2.45) is 0 Å². The highest BCUT2D eigenvalue weighted by Crippen LogP contribution is 2.29. The van der Waals surface area contributed by atoms with Gasteiger partial charge in [0, 0.05) is 24.7 Å². The van der Waals surface area contributed by atoms with Gasteiger partial charge in [-0.3, -0.25) is 4.90 Å². The van der Waals surface area contributed by atoms with Crippen LogP contribution >= 0.6 is 11.6 Å². The number of benzene rings is 3. The first-order chi connectivity index (χ1) is 17.2. The molecule has 5 rings (SSSR count). The number of hydrogen-bond acceptors (Lipinski definition) is 3. The van der Waals surface area contributed by atoms with Crippen molar-refractivity contribution in [3.63, 3.8) is 0 Å². The number of nitrogens with zero attached hydrogens (tertiary/aromatic N) is 2. The summed E-state index contributed by atoms with van der Waals surface area (Å²) in [5.41, 5.74) is 5.74. The lowest BCUT2D eigenvalue weighted by Crippen LogP contribution is -2.34. The van der Waals surface area contributed by atoms with Crippen molar-refractivity contribution < 1.29 is 4.74 Å². The molecule has 0 aliphatic carbocycles. The molecule has 2 aliphatic heterocycles. The van der Waals surface area contributed by atoms with Gasteiger partial charge in [0.2, 0.25) is 0 Å². The van der Waals surface area contributed by atoms with Crippen molar-refractivity contribution in [1.82, 2.24) is 9.80 Å². The van der Waals surface area contributed by atoms with Crippen LogP contribution in [0.25, 0.3) is 0 Å². The van der Waals surface area contributed by atoms with Crippen LogP contribution in [-0.2, 0) is 19.5 Å². The molecule has 0 aromatic heterocycles. The Morgan fingerprint density at radius 3 is 2.43 bits per heavy atom. The van der Waals surface area contributed by atoms with Gasteiger partial charge in [-0.2, -0.15) is 0 Å². The number of halogens is 1. The molecule has 35 heavy (non-hydrogen) atoms. The second-order valence-electron chi connectivity index (χ2n) is 10.1. The van der Waals surface area contributed by atoms with Crippen molar-refractivity contribution >= 4 is 11.6 Å². The number of likely N-dealkylation sites (tertiary alicyclic amines) is 1. The molecule has 2 aliphatic rings. The first kappa shape index (κ1) is 24.4. The molecule has 3 nitrogen and oxygen atoms in total. The van der Waals surface area contributed by atoms with E-state index in [9.17, 15) is 0 Å². The molecule has 0 saturated carbocycles. The Bertz CT molecular complexity index is 1060. The average molecular weight is 489 g/mol. The van der Waals surface area contributed by atoms with Gasteiger partial charge in [0.25, 0.3) is 0 Å². The molecule has 0 atom stereocenters. The average Bonchev–Trinajstić information content (AvgIpc) is 3.09. The van der Waals surface area contributed by atoms with E-state index in [0.717, 1.165) is 56.4 Å². The molecule has 0 unspecified atom stereocenters. The van der Waals surface area contributed by atoms with E-state index in [-0.39, 0.29) is 0 Å². The Balaban J connectivity index is 1.06. The largest absolute Gasteiger partial charge is 0.494 e. The van der Waals surface area contributed by atoms with E-state index in [0.29, 0.717) is 5.92 Å². The second-order valence-corrected chi connectivity index (χ2v) is 10.5. The predicted molar refractivity (Wildman–Crippen MR) is 145 cm³/mol. The SMILES string of the molecule is Clc1ccc(C2CCN(CCCOc3ccc4c(c3)CN(Cc3ccccc3)CCC4)CC2)cc1. The quantitative estimate of drug-likeness (QED) is 0.319. The molecule has 184 valence electrons. The Morgan fingerprint density at radius 1 is 0.829 bits per heavy atom. The van der Waals surface area contributed by atoms with E-state index in [1.54, 1.807) is 0 Å². The summed E-state index contributed by atoms with van der Waals surface area (Å²) in [5.74, 6) is 1.69. The van der Waals surface area contributed by atoms with Gasteiger partial charge in [0.15, 0.2) is 0 Å². The summed E-state index contributed by atoms with van der Waals surface area (Å²) >= 11 is 6.05. The Kier molecular flexibility index (Phi) is 8.41. The highest BCUT2D eigenvalue weighted by atomic mass is 35.5. The highest BCUT2D eigenvalue weighted by molar-refractivity contribution is 6.30. The van der Waals surface area contributed by atoms with E-state index in [1.807, 2.05) is 12.1 Å². The summed E-state index contributed by atoms with van der Waals surface area (Å²) < 4.78 is 6.20. The molecule has 0 N–H and O–H groups in total. The number of piperidine rings is 1. The molecule has 0 bridgehead atoms. The molecule has 3 aromatic rings. The van der Waals surface area contributed by atoms with Gasteiger partial charge in [0.05, 0.1) is 6.61 Å². The summed E-state index contributed by atoms with van der Waals surface area (Å²) in [4.78, 5) is 5.16. The zero-order valence-electron chi connectivity index (χ0n) is 20.7. The smallest absolute Gasteiger partial charge is 0.119 e. The lowest BCUT2D eigenvalue weighted by Gasteiger charge is -2.32. The lowest BCUT2D eigenvalue weighted by molar-refractivity contribution is 0.193. The minimum absolute atomic E-state index is 0.667. The van der Waals surface area contributed by atoms with Crippen molar-refractivity contribution in [2.75, 3.05) is 32.8 Å². The zero-order chi connectivity index (χ0) is 23.9. The minimum atomic E-state index is 0.667. The van der Waals surface area contributed by atoms with Crippen LogP contribution in [0.3, 0.4) is 0 Å². The number of ether oxygens (including phenoxy) is 1. The van der Waals surface area contributed by atoms with Crippen LogP contribution in [0, 0.1) is 0 Å². The van der Waals surface area contributed by atoms with Crippen molar-refractivity contribution in [2.45, 2.75) is 51.1 Å². The lowest BCUT2D eigenvalue weighted by atomic mass is 9.89. The zero-order valence-corrected chi connectivity index (χ0v) is 21.4. The maximum absolute atomic E-state index is 6.20. The highest BCUT2D eigenvalue weighted by Gasteiger charge is 2.20. The van der Waals surface area contributed by atoms with Crippen molar-refractivity contribution in [3.05, 3.63) is 100 Å². The normalized spacial score (nSPS) is 17.6. The summed E-state index contributed by atoms with van der Waals surface area (Å²) in [6.07, 6.45) is 5.91. The Hall–Kier alpha value is -2.33. The summed E-state index contributed by atoms with van der Waals surface area (Å²) in [7, 11) is 0. The van der Waals surface area contributed by atoms with Crippen LogP contribution in [0.2, 0.25) is 5.02 Å². The third-order valence-corrected chi connectivity index (χ3v) is 7.81. The molecule has 1 fully saturated rings. The molecule has 4 heteroatoms.